The van der Waals surface area contributed by atoms with E-state index in [1.807, 2.05) is 0 Å². The summed E-state index contributed by atoms with van der Waals surface area (Å²) in [5.41, 5.74) is 10.1. The van der Waals surface area contributed by atoms with Crippen molar-refractivity contribution in [1.29, 1.82) is 0 Å². The van der Waals surface area contributed by atoms with E-state index in [4.69, 9.17) is 0 Å². The molecule has 0 saturated carbocycles. The SMILES string of the molecule is c1ccc2c(c1)Nc1ccccc1C21c2ccc3ccccc3c2-c2c1ccc1ccccc21. The van der Waals surface area contributed by atoms with Gasteiger partial charge in [0.05, 0.1) is 5.41 Å². The van der Waals surface area contributed by atoms with E-state index in [1.54, 1.807) is 0 Å². The number of benzene rings is 6. The van der Waals surface area contributed by atoms with E-state index in [0.717, 1.165) is 0 Å². The average molecular weight is 432 g/mol. The Morgan fingerprint density at radius 1 is 0.382 bits per heavy atom. The van der Waals surface area contributed by atoms with Crippen molar-refractivity contribution < 1.29 is 0 Å². The maximum atomic E-state index is 3.73. The Bertz CT molecular complexity index is 1660. The third kappa shape index (κ3) is 2.06. The van der Waals surface area contributed by atoms with Crippen molar-refractivity contribution in [2.45, 2.75) is 5.41 Å². The van der Waals surface area contributed by atoms with Crippen LogP contribution in [0, 0.1) is 0 Å². The highest BCUT2D eigenvalue weighted by atomic mass is 14.9. The van der Waals surface area contributed by atoms with Gasteiger partial charge in [-0.15, -0.1) is 0 Å². The molecule has 6 aromatic rings. The van der Waals surface area contributed by atoms with E-state index >= 15 is 0 Å². The highest BCUT2D eigenvalue weighted by Gasteiger charge is 2.50. The minimum absolute atomic E-state index is 0.364. The van der Waals surface area contributed by atoms with Crippen LogP contribution in [0.3, 0.4) is 0 Å². The van der Waals surface area contributed by atoms with Gasteiger partial charge in [-0.2, -0.15) is 0 Å². The number of rotatable bonds is 0. The Morgan fingerprint density at radius 2 is 0.824 bits per heavy atom. The highest BCUT2D eigenvalue weighted by molar-refractivity contribution is 6.13. The van der Waals surface area contributed by atoms with Crippen LogP contribution < -0.4 is 5.32 Å². The van der Waals surface area contributed by atoms with Gasteiger partial charge in [-0.25, -0.2) is 0 Å². The lowest BCUT2D eigenvalue weighted by atomic mass is 9.65. The topological polar surface area (TPSA) is 12.0 Å². The lowest BCUT2D eigenvalue weighted by Gasteiger charge is -2.40. The van der Waals surface area contributed by atoms with Crippen molar-refractivity contribution in [3.63, 3.8) is 0 Å². The third-order valence-corrected chi connectivity index (χ3v) is 7.85. The summed E-state index contributed by atoms with van der Waals surface area (Å²) in [4.78, 5) is 0. The van der Waals surface area contributed by atoms with Crippen LogP contribution in [0.2, 0.25) is 0 Å². The fourth-order valence-electron chi connectivity index (χ4n) is 6.56. The van der Waals surface area contributed by atoms with Crippen molar-refractivity contribution in [3.05, 3.63) is 144 Å². The van der Waals surface area contributed by atoms with Gasteiger partial charge in [-0.05, 0) is 67.1 Å². The van der Waals surface area contributed by atoms with Crippen molar-refractivity contribution >= 4 is 32.9 Å². The molecule has 0 aromatic heterocycles. The number of hydrogen-bond donors (Lipinski definition) is 1. The zero-order valence-corrected chi connectivity index (χ0v) is 18.5. The lowest BCUT2D eigenvalue weighted by molar-refractivity contribution is 0.764. The molecule has 1 nitrogen and oxygen atoms in total. The molecule has 1 aliphatic heterocycles. The lowest BCUT2D eigenvalue weighted by Crippen LogP contribution is -2.33. The van der Waals surface area contributed by atoms with Crippen LogP contribution in [0.15, 0.2) is 121 Å². The first-order chi connectivity index (χ1) is 16.9. The maximum absolute atomic E-state index is 3.73. The second-order valence-corrected chi connectivity index (χ2v) is 9.38. The summed E-state index contributed by atoms with van der Waals surface area (Å²) in [6.07, 6.45) is 0. The summed E-state index contributed by atoms with van der Waals surface area (Å²) in [5, 5.41) is 8.94. The van der Waals surface area contributed by atoms with Crippen molar-refractivity contribution in [2.75, 3.05) is 5.32 Å². The van der Waals surface area contributed by atoms with E-state index in [2.05, 4.69) is 127 Å². The number of hydrogen-bond acceptors (Lipinski definition) is 1. The fourth-order valence-corrected chi connectivity index (χ4v) is 6.56. The zero-order chi connectivity index (χ0) is 22.3. The molecule has 0 bridgehead atoms. The minimum Gasteiger partial charge on any atom is -0.355 e. The highest BCUT2D eigenvalue weighted by Crippen LogP contribution is 2.63. The van der Waals surface area contributed by atoms with Crippen molar-refractivity contribution in [2.24, 2.45) is 0 Å². The van der Waals surface area contributed by atoms with Gasteiger partial charge in [0.2, 0.25) is 0 Å². The molecule has 0 amide bonds. The Labute approximate surface area is 198 Å². The summed E-state index contributed by atoms with van der Waals surface area (Å²) >= 11 is 0. The maximum Gasteiger partial charge on any atom is 0.0754 e. The van der Waals surface area contributed by atoms with Crippen molar-refractivity contribution in [3.8, 4) is 11.1 Å². The fraction of sp³-hybridized carbons (Fsp3) is 0.0303. The first-order valence-corrected chi connectivity index (χ1v) is 11.9. The van der Waals surface area contributed by atoms with E-state index in [-0.39, 0.29) is 5.41 Å². The molecule has 0 fully saturated rings. The van der Waals surface area contributed by atoms with Gasteiger partial charge in [0.1, 0.15) is 0 Å². The standard InChI is InChI=1S/C33H21N/c1-3-11-23-21(9-1)17-19-27-31(23)32-24-12-4-2-10-22(24)18-20-28(32)33(27)25-13-5-7-15-29(25)34-30-16-8-6-14-26(30)33/h1-20,34H. The molecule has 6 aromatic carbocycles. The Balaban J connectivity index is 1.67. The average Bonchev–Trinajstić information content (AvgIpc) is 3.21. The number of para-hydroxylation sites is 2. The third-order valence-electron chi connectivity index (χ3n) is 7.85. The van der Waals surface area contributed by atoms with E-state index in [9.17, 15) is 0 Å². The first kappa shape index (κ1) is 18.1. The molecule has 1 spiro atoms. The Kier molecular flexibility index (Phi) is 3.39. The zero-order valence-electron chi connectivity index (χ0n) is 18.5. The summed E-state index contributed by atoms with van der Waals surface area (Å²) in [7, 11) is 0. The molecule has 158 valence electrons. The van der Waals surface area contributed by atoms with Gasteiger partial charge in [0, 0.05) is 11.4 Å². The molecule has 1 heterocycles. The second-order valence-electron chi connectivity index (χ2n) is 9.38. The van der Waals surface area contributed by atoms with Gasteiger partial charge in [0.15, 0.2) is 0 Å². The van der Waals surface area contributed by atoms with Crippen LogP contribution >= 0.6 is 0 Å². The summed E-state index contributed by atoms with van der Waals surface area (Å²) < 4.78 is 0. The normalized spacial score (nSPS) is 14.4. The van der Waals surface area contributed by atoms with Crippen LogP contribution in [-0.4, -0.2) is 0 Å². The Morgan fingerprint density at radius 3 is 1.35 bits per heavy atom. The first-order valence-electron chi connectivity index (χ1n) is 11.9. The van der Waals surface area contributed by atoms with E-state index in [0.29, 0.717) is 0 Å². The van der Waals surface area contributed by atoms with Crippen LogP contribution in [-0.2, 0) is 5.41 Å². The minimum atomic E-state index is -0.364. The van der Waals surface area contributed by atoms with E-state index < -0.39 is 0 Å². The monoisotopic (exact) mass is 431 g/mol. The molecular weight excluding hydrogens is 410 g/mol. The molecule has 34 heavy (non-hydrogen) atoms. The van der Waals surface area contributed by atoms with Crippen molar-refractivity contribution in [1.82, 2.24) is 0 Å². The predicted molar refractivity (Wildman–Crippen MR) is 142 cm³/mol. The summed E-state index contributed by atoms with van der Waals surface area (Å²) in [5.74, 6) is 0. The molecule has 8 rings (SSSR count). The molecule has 0 atom stereocenters. The molecule has 0 unspecified atom stereocenters. The summed E-state index contributed by atoms with van der Waals surface area (Å²) in [6.45, 7) is 0. The van der Waals surface area contributed by atoms with Gasteiger partial charge >= 0.3 is 0 Å². The smallest absolute Gasteiger partial charge is 0.0754 e. The second kappa shape index (κ2) is 6.36. The molecular formula is C33H21N. The van der Waals surface area contributed by atoms with Gasteiger partial charge in [0.25, 0.3) is 0 Å². The molecule has 1 N–H and O–H groups in total. The number of fused-ring (bicyclic) bond motifs is 13. The molecule has 1 heteroatoms. The van der Waals surface area contributed by atoms with Crippen LogP contribution in [0.1, 0.15) is 22.3 Å². The van der Waals surface area contributed by atoms with Crippen LogP contribution in [0.4, 0.5) is 11.4 Å². The number of nitrogens with one attached hydrogen (secondary N) is 1. The predicted octanol–water partition coefficient (Wildman–Crippen LogP) is 8.41. The van der Waals surface area contributed by atoms with E-state index in [1.165, 1.54) is 66.3 Å². The molecule has 2 aliphatic rings. The number of anilines is 2. The van der Waals surface area contributed by atoms with Gasteiger partial charge < -0.3 is 5.32 Å². The van der Waals surface area contributed by atoms with Crippen LogP contribution in [0.25, 0.3) is 32.7 Å². The molecule has 0 saturated heterocycles. The van der Waals surface area contributed by atoms with Gasteiger partial charge in [-0.1, -0.05) is 109 Å². The molecule has 0 radical (unpaired) electrons. The van der Waals surface area contributed by atoms with Gasteiger partial charge in [-0.3, -0.25) is 0 Å². The summed E-state index contributed by atoms with van der Waals surface area (Å²) in [6, 6.07) is 44.7. The largest absolute Gasteiger partial charge is 0.355 e. The molecule has 1 aliphatic carbocycles. The Hall–Kier alpha value is -4.36. The quantitative estimate of drug-likeness (QED) is 0.254. The van der Waals surface area contributed by atoms with Crippen LogP contribution in [0.5, 0.6) is 0 Å².